The van der Waals surface area contributed by atoms with Gasteiger partial charge >= 0.3 is 0 Å². The van der Waals surface area contributed by atoms with Gasteiger partial charge in [0.05, 0.1) is 5.57 Å². The van der Waals surface area contributed by atoms with Crippen LogP contribution in [0.25, 0.3) is 0 Å². The SMILES string of the molecule is CC(=O)NNC(=O)CCC12CCC(C)(C)CC1C1C(=O)C=C3C4(C)C=C(C#N)C(=O)C(C)C4CCC3(C)C1(C)CC2. The molecule has 2 amide bonds. The first-order valence-corrected chi connectivity index (χ1v) is 15.5. The van der Waals surface area contributed by atoms with E-state index in [2.05, 4.69) is 51.5 Å². The van der Waals surface area contributed by atoms with E-state index in [9.17, 15) is 24.4 Å². The van der Waals surface area contributed by atoms with Crippen LogP contribution in [0, 0.1) is 62.1 Å². The van der Waals surface area contributed by atoms with Crippen LogP contribution in [0.3, 0.4) is 0 Å². The summed E-state index contributed by atoms with van der Waals surface area (Å²) >= 11 is 0. The lowest BCUT2D eigenvalue weighted by Gasteiger charge is -2.69. The molecule has 7 heteroatoms. The molecule has 0 bridgehead atoms. The highest BCUT2D eigenvalue weighted by molar-refractivity contribution is 6.02. The number of ketones is 2. The van der Waals surface area contributed by atoms with Gasteiger partial charge in [-0.15, -0.1) is 0 Å². The highest BCUT2D eigenvalue weighted by atomic mass is 16.2. The topological polar surface area (TPSA) is 116 Å². The van der Waals surface area contributed by atoms with Gasteiger partial charge in [0.25, 0.3) is 0 Å². The fraction of sp³-hybridized carbons (Fsp3) is 0.735. The van der Waals surface area contributed by atoms with Gasteiger partial charge in [-0.05, 0) is 90.9 Å². The molecule has 41 heavy (non-hydrogen) atoms. The number of allylic oxidation sites excluding steroid dienone is 4. The fourth-order valence-electron chi connectivity index (χ4n) is 10.4. The number of rotatable bonds is 3. The van der Waals surface area contributed by atoms with Gasteiger partial charge in [0.15, 0.2) is 11.6 Å². The lowest BCUT2D eigenvalue weighted by Crippen LogP contribution is -2.64. The average Bonchev–Trinajstić information content (AvgIpc) is 2.90. The van der Waals surface area contributed by atoms with Crippen LogP contribution in [-0.2, 0) is 19.2 Å². The van der Waals surface area contributed by atoms with Gasteiger partial charge in [0, 0.05) is 30.6 Å². The Morgan fingerprint density at radius 2 is 1.68 bits per heavy atom. The van der Waals surface area contributed by atoms with Crippen LogP contribution in [0.1, 0.15) is 106 Å². The zero-order valence-corrected chi connectivity index (χ0v) is 25.9. The Morgan fingerprint density at radius 1 is 1.00 bits per heavy atom. The molecule has 0 aromatic heterocycles. The lowest BCUT2D eigenvalue weighted by atomic mass is 9.34. The molecule has 0 aromatic carbocycles. The molecule has 8 atom stereocenters. The lowest BCUT2D eigenvalue weighted by molar-refractivity contribution is -0.171. The Kier molecular flexibility index (Phi) is 6.99. The Labute approximate surface area is 244 Å². The number of hydrogen-bond donors (Lipinski definition) is 2. The molecule has 0 saturated heterocycles. The Balaban J connectivity index is 1.56. The van der Waals surface area contributed by atoms with E-state index in [1.165, 1.54) is 6.92 Å². The van der Waals surface area contributed by atoms with Crippen molar-refractivity contribution >= 4 is 23.4 Å². The van der Waals surface area contributed by atoms with E-state index in [-0.39, 0.29) is 74.3 Å². The molecular formula is C34H47N3O4. The van der Waals surface area contributed by atoms with E-state index in [0.29, 0.717) is 12.8 Å². The van der Waals surface area contributed by atoms with Crippen LogP contribution < -0.4 is 10.9 Å². The highest BCUT2D eigenvalue weighted by Crippen LogP contribution is 2.74. The first kappa shape index (κ1) is 29.7. The number of carbonyl (C=O) groups excluding carboxylic acids is 4. The van der Waals surface area contributed by atoms with E-state index in [1.807, 2.05) is 19.1 Å². The highest BCUT2D eigenvalue weighted by Gasteiger charge is 2.68. The van der Waals surface area contributed by atoms with Crippen molar-refractivity contribution in [3.8, 4) is 6.07 Å². The Morgan fingerprint density at radius 3 is 2.34 bits per heavy atom. The maximum absolute atomic E-state index is 14.5. The third kappa shape index (κ3) is 4.34. The summed E-state index contributed by atoms with van der Waals surface area (Å²) in [5, 5.41) is 9.82. The van der Waals surface area contributed by atoms with E-state index < -0.39 is 5.41 Å². The van der Waals surface area contributed by atoms with Crippen LogP contribution in [0.15, 0.2) is 23.3 Å². The van der Waals surface area contributed by atoms with E-state index >= 15 is 0 Å². The minimum atomic E-state index is -0.503. The number of nitrogens with one attached hydrogen (secondary N) is 2. The first-order valence-electron chi connectivity index (χ1n) is 15.5. The summed E-state index contributed by atoms with van der Waals surface area (Å²) in [6, 6.07) is 2.16. The molecule has 5 aliphatic rings. The predicted octanol–water partition coefficient (Wildman–Crippen LogP) is 5.76. The molecule has 222 valence electrons. The number of nitrogens with zero attached hydrogens (tertiary/aromatic N) is 1. The molecule has 2 N–H and O–H groups in total. The first-order chi connectivity index (χ1) is 19.0. The zero-order valence-electron chi connectivity index (χ0n) is 25.9. The van der Waals surface area contributed by atoms with E-state index in [1.54, 1.807) is 0 Å². The molecular weight excluding hydrogens is 514 g/mol. The van der Waals surface area contributed by atoms with Gasteiger partial charge in [0.1, 0.15) is 6.07 Å². The zero-order chi connectivity index (χ0) is 30.2. The van der Waals surface area contributed by atoms with Crippen molar-refractivity contribution in [1.82, 2.24) is 10.9 Å². The van der Waals surface area contributed by atoms with Crippen molar-refractivity contribution in [2.45, 2.75) is 106 Å². The van der Waals surface area contributed by atoms with Gasteiger partial charge in [-0.3, -0.25) is 30.0 Å². The number of fused-ring (bicyclic) bond motifs is 7. The van der Waals surface area contributed by atoms with Gasteiger partial charge in [-0.2, -0.15) is 5.26 Å². The van der Waals surface area contributed by atoms with Crippen LogP contribution in [-0.4, -0.2) is 23.4 Å². The standard InChI is InChI=1S/C34H47N3O4/c1-20-23-8-10-32(6)26(31(23,5)17-22(19-35)29(20)41)16-25(39)28-24-18-30(3,4)12-14-34(24,15-13-33(28,32)7)11-9-27(40)37-36-21(2)38/h16-17,20,23-24,28H,8-15,18H2,1-7H3,(H,36,38)(H,37,40). The third-order valence-corrected chi connectivity index (χ3v) is 12.9. The van der Waals surface area contributed by atoms with E-state index in [0.717, 1.165) is 50.5 Å². The summed E-state index contributed by atoms with van der Waals surface area (Å²) in [5.74, 6) is -0.503. The molecule has 5 aliphatic carbocycles. The number of hydrazine groups is 1. The largest absolute Gasteiger partial charge is 0.295 e. The summed E-state index contributed by atoms with van der Waals surface area (Å²) in [5.41, 5.74) is 5.31. The quantitative estimate of drug-likeness (QED) is 0.425. The predicted molar refractivity (Wildman–Crippen MR) is 155 cm³/mol. The minimum absolute atomic E-state index is 0.0696. The minimum Gasteiger partial charge on any atom is -0.295 e. The maximum atomic E-state index is 14.5. The molecule has 7 nitrogen and oxygen atoms in total. The second-order valence-electron chi connectivity index (χ2n) is 15.5. The van der Waals surface area contributed by atoms with Crippen molar-refractivity contribution in [1.29, 1.82) is 5.26 Å². The van der Waals surface area contributed by atoms with Crippen molar-refractivity contribution in [3.63, 3.8) is 0 Å². The van der Waals surface area contributed by atoms with Crippen molar-refractivity contribution in [3.05, 3.63) is 23.3 Å². The number of hydrogen-bond acceptors (Lipinski definition) is 5. The van der Waals surface area contributed by atoms with Gasteiger partial charge in [-0.1, -0.05) is 53.2 Å². The average molecular weight is 562 g/mol. The van der Waals surface area contributed by atoms with E-state index in [4.69, 9.17) is 0 Å². The normalized spacial score (nSPS) is 42.7. The molecule has 0 spiro atoms. The van der Waals surface area contributed by atoms with Crippen molar-refractivity contribution in [2.24, 2.45) is 50.7 Å². The molecule has 0 heterocycles. The molecule has 0 aliphatic heterocycles. The van der Waals surface area contributed by atoms with Crippen LogP contribution >= 0.6 is 0 Å². The monoisotopic (exact) mass is 561 g/mol. The number of nitriles is 1. The second-order valence-corrected chi connectivity index (χ2v) is 15.5. The molecule has 8 unspecified atom stereocenters. The summed E-state index contributed by atoms with van der Waals surface area (Å²) in [6.07, 6.45) is 11.6. The molecule has 0 aromatic rings. The number of Topliss-reactive ketones (excluding diaryl/α,β-unsaturated/α-hetero) is 1. The second kappa shape index (κ2) is 9.64. The van der Waals surface area contributed by atoms with Crippen molar-refractivity contribution in [2.75, 3.05) is 0 Å². The Hall–Kier alpha value is -2.75. The summed E-state index contributed by atoms with van der Waals surface area (Å²) in [4.78, 5) is 51.4. The van der Waals surface area contributed by atoms with Crippen LogP contribution in [0.4, 0.5) is 0 Å². The van der Waals surface area contributed by atoms with Gasteiger partial charge in [-0.25, -0.2) is 0 Å². The fourth-order valence-corrected chi connectivity index (χ4v) is 10.4. The maximum Gasteiger partial charge on any atom is 0.238 e. The summed E-state index contributed by atoms with van der Waals surface area (Å²) in [6.45, 7) is 14.8. The number of amides is 2. The molecule has 3 fully saturated rings. The summed E-state index contributed by atoms with van der Waals surface area (Å²) < 4.78 is 0. The third-order valence-electron chi connectivity index (χ3n) is 12.9. The molecule has 5 rings (SSSR count). The van der Waals surface area contributed by atoms with Gasteiger partial charge < -0.3 is 0 Å². The number of carbonyl (C=O) groups is 4. The van der Waals surface area contributed by atoms with Crippen LogP contribution in [0.2, 0.25) is 0 Å². The smallest absolute Gasteiger partial charge is 0.238 e. The van der Waals surface area contributed by atoms with Crippen LogP contribution in [0.5, 0.6) is 0 Å². The van der Waals surface area contributed by atoms with Gasteiger partial charge in [0.2, 0.25) is 11.8 Å². The van der Waals surface area contributed by atoms with Crippen molar-refractivity contribution < 1.29 is 19.2 Å². The summed E-state index contributed by atoms with van der Waals surface area (Å²) in [7, 11) is 0. The Bertz CT molecular complexity index is 1310. The molecule has 0 radical (unpaired) electrons. The molecule has 3 saturated carbocycles.